The third-order valence-corrected chi connectivity index (χ3v) is 5.79. The molecule has 2 aliphatic rings. The Labute approximate surface area is 150 Å². The Hall–Kier alpha value is -2.31. The number of benzene rings is 1. The van der Waals surface area contributed by atoms with E-state index in [0.29, 0.717) is 6.79 Å². The van der Waals surface area contributed by atoms with E-state index in [1.54, 1.807) is 11.3 Å². The number of rotatable bonds is 3. The first-order chi connectivity index (χ1) is 12.3. The number of aryl methyl sites for hydroxylation is 1. The van der Waals surface area contributed by atoms with Crippen LogP contribution < -0.4 is 9.47 Å². The fourth-order valence-electron chi connectivity index (χ4n) is 3.77. The molecule has 3 aromatic rings. The van der Waals surface area contributed by atoms with Gasteiger partial charge in [-0.3, -0.25) is 4.90 Å². The molecule has 0 bridgehead atoms. The normalized spacial score (nSPS) is 19.2. The van der Waals surface area contributed by atoms with Gasteiger partial charge in [-0.15, -0.1) is 0 Å². The fourth-order valence-corrected chi connectivity index (χ4v) is 4.45. The average Bonchev–Trinajstić information content (AvgIpc) is 3.36. The van der Waals surface area contributed by atoms with Crippen LogP contribution in [0.3, 0.4) is 0 Å². The number of fused-ring (bicyclic) bond motifs is 2. The molecule has 1 N–H and O–H groups in total. The molecule has 0 saturated heterocycles. The summed E-state index contributed by atoms with van der Waals surface area (Å²) in [5, 5.41) is 4.37. The van der Waals surface area contributed by atoms with Crippen molar-refractivity contribution in [3.63, 3.8) is 0 Å². The van der Waals surface area contributed by atoms with Crippen molar-refractivity contribution in [2.45, 2.75) is 25.9 Å². The lowest BCUT2D eigenvalue weighted by molar-refractivity contribution is 0.173. The molecule has 4 heterocycles. The van der Waals surface area contributed by atoms with Gasteiger partial charge in [-0.2, -0.15) is 11.3 Å². The van der Waals surface area contributed by atoms with E-state index in [0.717, 1.165) is 36.7 Å². The lowest BCUT2D eigenvalue weighted by Crippen LogP contribution is -2.35. The number of thiophene rings is 1. The van der Waals surface area contributed by atoms with Gasteiger partial charge in [-0.05, 0) is 52.6 Å². The molecule has 5 rings (SSSR count). The molecule has 0 fully saturated rings. The third kappa shape index (κ3) is 2.53. The van der Waals surface area contributed by atoms with Crippen LogP contribution in [0.5, 0.6) is 11.5 Å². The molecule has 2 aromatic heterocycles. The minimum Gasteiger partial charge on any atom is -0.454 e. The van der Waals surface area contributed by atoms with E-state index in [4.69, 9.17) is 9.47 Å². The first-order valence-electron chi connectivity index (χ1n) is 8.47. The lowest BCUT2D eigenvalue weighted by Gasteiger charge is -2.35. The second-order valence-corrected chi connectivity index (χ2v) is 7.36. The Morgan fingerprint density at radius 3 is 3.04 bits per heavy atom. The molecular formula is C19H19N3O2S. The van der Waals surface area contributed by atoms with E-state index in [1.165, 1.54) is 22.4 Å². The number of ether oxygens (including phenoxy) is 2. The number of aromatic amines is 1. The van der Waals surface area contributed by atoms with Crippen molar-refractivity contribution in [1.82, 2.24) is 14.9 Å². The number of nitrogens with one attached hydrogen (secondary N) is 1. The topological polar surface area (TPSA) is 50.4 Å². The number of imidazole rings is 1. The van der Waals surface area contributed by atoms with E-state index in [9.17, 15) is 0 Å². The summed E-state index contributed by atoms with van der Waals surface area (Å²) in [6, 6.07) is 6.62. The third-order valence-electron chi connectivity index (χ3n) is 5.09. The molecule has 6 heteroatoms. The monoisotopic (exact) mass is 353 g/mol. The maximum Gasteiger partial charge on any atom is 0.231 e. The predicted octanol–water partition coefficient (Wildman–Crippen LogP) is 3.66. The first kappa shape index (κ1) is 15.0. The van der Waals surface area contributed by atoms with E-state index in [-0.39, 0.29) is 6.04 Å². The number of nitrogens with zero attached hydrogens (tertiary/aromatic N) is 2. The Morgan fingerprint density at radius 1 is 1.32 bits per heavy atom. The Balaban J connectivity index is 1.51. The summed E-state index contributed by atoms with van der Waals surface area (Å²) >= 11 is 1.74. The van der Waals surface area contributed by atoms with E-state index in [1.807, 2.05) is 6.33 Å². The van der Waals surface area contributed by atoms with E-state index >= 15 is 0 Å². The minimum atomic E-state index is 0.200. The van der Waals surface area contributed by atoms with Crippen molar-refractivity contribution in [2.24, 2.45) is 0 Å². The molecule has 25 heavy (non-hydrogen) atoms. The molecule has 0 amide bonds. The molecule has 5 nitrogen and oxygen atoms in total. The molecule has 0 saturated carbocycles. The molecular weight excluding hydrogens is 334 g/mol. The van der Waals surface area contributed by atoms with Crippen molar-refractivity contribution < 1.29 is 9.47 Å². The van der Waals surface area contributed by atoms with Gasteiger partial charge in [-0.1, -0.05) is 0 Å². The summed E-state index contributed by atoms with van der Waals surface area (Å²) in [6.45, 7) is 4.33. The van der Waals surface area contributed by atoms with Gasteiger partial charge in [0.2, 0.25) is 6.79 Å². The second kappa shape index (κ2) is 5.89. The van der Waals surface area contributed by atoms with Gasteiger partial charge < -0.3 is 14.5 Å². The predicted molar refractivity (Wildman–Crippen MR) is 96.2 cm³/mol. The number of hydrogen-bond donors (Lipinski definition) is 1. The van der Waals surface area contributed by atoms with Crippen LogP contribution in [0.1, 0.15) is 34.1 Å². The molecule has 1 atom stereocenters. The highest BCUT2D eigenvalue weighted by Gasteiger charge is 2.31. The first-order valence-corrected chi connectivity index (χ1v) is 9.41. The second-order valence-electron chi connectivity index (χ2n) is 6.58. The quantitative estimate of drug-likeness (QED) is 0.781. The van der Waals surface area contributed by atoms with Crippen LogP contribution in [-0.2, 0) is 13.0 Å². The summed E-state index contributed by atoms with van der Waals surface area (Å²) in [4.78, 5) is 10.4. The fraction of sp³-hybridized carbons (Fsp3) is 0.316. The number of aromatic nitrogens is 2. The van der Waals surface area contributed by atoms with Crippen molar-refractivity contribution in [3.05, 3.63) is 63.4 Å². The van der Waals surface area contributed by atoms with Crippen LogP contribution in [0.4, 0.5) is 0 Å². The molecule has 0 unspecified atom stereocenters. The SMILES string of the molecule is Cc1cc2c(cc1CN1CCc3[nH]cnc3[C@H]1c1ccsc1)OCO2. The van der Waals surface area contributed by atoms with Crippen LogP contribution >= 0.6 is 11.3 Å². The standard InChI is InChI=1S/C19H19N3O2S/c1-12-6-16-17(24-11-23-16)7-14(12)8-22-4-2-15-18(21-10-20-15)19(22)13-3-5-25-9-13/h3,5-7,9-10,19H,2,4,8,11H2,1H3,(H,20,21)/t19-/m1/s1. The maximum absolute atomic E-state index is 5.57. The molecule has 2 aliphatic heterocycles. The summed E-state index contributed by atoms with van der Waals surface area (Å²) in [6.07, 6.45) is 2.82. The largest absolute Gasteiger partial charge is 0.454 e. The Kier molecular flexibility index (Phi) is 3.53. The average molecular weight is 353 g/mol. The van der Waals surface area contributed by atoms with Crippen molar-refractivity contribution >= 4 is 11.3 Å². The zero-order valence-corrected chi connectivity index (χ0v) is 14.8. The summed E-state index contributed by atoms with van der Waals surface area (Å²) in [7, 11) is 0. The minimum absolute atomic E-state index is 0.200. The van der Waals surface area contributed by atoms with E-state index in [2.05, 4.69) is 50.8 Å². The van der Waals surface area contributed by atoms with Crippen LogP contribution in [0.15, 0.2) is 35.3 Å². The van der Waals surface area contributed by atoms with Gasteiger partial charge in [0.15, 0.2) is 11.5 Å². The van der Waals surface area contributed by atoms with Crippen molar-refractivity contribution in [1.29, 1.82) is 0 Å². The van der Waals surface area contributed by atoms with Crippen LogP contribution in [0.25, 0.3) is 0 Å². The smallest absolute Gasteiger partial charge is 0.231 e. The van der Waals surface area contributed by atoms with Gasteiger partial charge in [0.1, 0.15) is 0 Å². The molecule has 1 aromatic carbocycles. The van der Waals surface area contributed by atoms with Gasteiger partial charge in [0, 0.05) is 25.2 Å². The Morgan fingerprint density at radius 2 is 2.20 bits per heavy atom. The van der Waals surface area contributed by atoms with E-state index < -0.39 is 0 Å². The number of hydrogen-bond acceptors (Lipinski definition) is 5. The summed E-state index contributed by atoms with van der Waals surface area (Å²) < 4.78 is 11.1. The van der Waals surface area contributed by atoms with Gasteiger partial charge in [-0.25, -0.2) is 4.98 Å². The highest BCUT2D eigenvalue weighted by molar-refractivity contribution is 7.08. The Bertz CT molecular complexity index is 904. The highest BCUT2D eigenvalue weighted by Crippen LogP contribution is 2.38. The lowest BCUT2D eigenvalue weighted by atomic mass is 9.96. The zero-order valence-electron chi connectivity index (χ0n) is 14.0. The zero-order chi connectivity index (χ0) is 16.8. The molecule has 0 aliphatic carbocycles. The van der Waals surface area contributed by atoms with Crippen LogP contribution in [-0.4, -0.2) is 28.2 Å². The molecule has 0 spiro atoms. The van der Waals surface area contributed by atoms with Crippen molar-refractivity contribution in [3.8, 4) is 11.5 Å². The molecule has 0 radical (unpaired) electrons. The van der Waals surface area contributed by atoms with Gasteiger partial charge in [0.05, 0.1) is 18.1 Å². The van der Waals surface area contributed by atoms with Crippen molar-refractivity contribution in [2.75, 3.05) is 13.3 Å². The van der Waals surface area contributed by atoms with Crippen LogP contribution in [0, 0.1) is 6.92 Å². The van der Waals surface area contributed by atoms with Gasteiger partial charge >= 0.3 is 0 Å². The van der Waals surface area contributed by atoms with Crippen LogP contribution in [0.2, 0.25) is 0 Å². The van der Waals surface area contributed by atoms with Gasteiger partial charge in [0.25, 0.3) is 0 Å². The summed E-state index contributed by atoms with van der Waals surface area (Å²) in [5.74, 6) is 1.70. The number of H-pyrrole nitrogens is 1. The molecule has 128 valence electrons. The highest BCUT2D eigenvalue weighted by atomic mass is 32.1. The summed E-state index contributed by atoms with van der Waals surface area (Å²) in [5.41, 5.74) is 6.25. The maximum atomic E-state index is 5.57.